The summed E-state index contributed by atoms with van der Waals surface area (Å²) in [7, 11) is 0. The van der Waals surface area contributed by atoms with Gasteiger partial charge in [-0.1, -0.05) is 41.5 Å². The number of nitrogens with zero attached hydrogens (tertiary/aromatic N) is 1. The number of carbonyl (C=O) groups is 1. The Balaban J connectivity index is 3.78. The van der Waals surface area contributed by atoms with E-state index in [0.717, 1.165) is 15.9 Å². The van der Waals surface area contributed by atoms with Gasteiger partial charge < -0.3 is 15.1 Å². The molecule has 1 rings (SSSR count). The Labute approximate surface area is 157 Å². The average molecular weight is 363 g/mol. The number of hydroxylamine groups is 1. The second kappa shape index (κ2) is 7.39. The van der Waals surface area contributed by atoms with E-state index in [1.807, 2.05) is 53.7 Å². The lowest BCUT2D eigenvalue weighted by molar-refractivity contribution is -0.539. The highest BCUT2D eigenvalue weighted by Crippen LogP contribution is 2.40. The predicted molar refractivity (Wildman–Crippen MR) is 105 cm³/mol. The molecular weight excluding hydrogens is 330 g/mol. The van der Waals surface area contributed by atoms with E-state index in [1.165, 1.54) is 13.1 Å². The van der Waals surface area contributed by atoms with Crippen LogP contribution in [0, 0.1) is 5.21 Å². The first-order valence-electron chi connectivity index (χ1n) is 8.89. The maximum Gasteiger partial charge on any atom is 0.308 e. The fraction of sp³-hybridized carbons (Fsp3) is 0.619. The minimum Gasteiger partial charge on any atom is -0.623 e. The lowest BCUT2D eigenvalue weighted by atomic mass is 9.78. The number of benzene rings is 1. The Bertz CT molecular complexity index is 669. The number of hydrogen-bond donors (Lipinski definition) is 1. The predicted octanol–water partition coefficient (Wildman–Crippen LogP) is 3.91. The summed E-state index contributed by atoms with van der Waals surface area (Å²) in [5.74, 6) is 0.193. The summed E-state index contributed by atoms with van der Waals surface area (Å²) in [6, 6.07) is 3.76. The quantitative estimate of drug-likeness (QED) is 0.220. The fourth-order valence-corrected chi connectivity index (χ4v) is 2.47. The molecule has 5 heteroatoms. The number of carbonyl (C=O) groups excluding carboxylic acids is 1. The Morgan fingerprint density at radius 3 is 1.81 bits per heavy atom. The van der Waals surface area contributed by atoms with Crippen molar-refractivity contribution in [2.45, 2.75) is 78.7 Å². The van der Waals surface area contributed by atoms with Crippen LogP contribution in [0.1, 0.15) is 79.0 Å². The van der Waals surface area contributed by atoms with Crippen LogP contribution >= 0.6 is 0 Å². The van der Waals surface area contributed by atoms with Crippen LogP contribution < -0.4 is 4.74 Å². The number of ether oxygens (including phenoxy) is 1. The van der Waals surface area contributed by atoms with Crippen molar-refractivity contribution in [3.05, 3.63) is 34.0 Å². The van der Waals surface area contributed by atoms with Crippen LogP contribution in [0.5, 0.6) is 5.75 Å². The van der Waals surface area contributed by atoms with Crippen LogP contribution in [0.25, 0.3) is 0 Å². The minimum absolute atomic E-state index is 0.253. The number of aliphatic hydroxyl groups excluding tert-OH is 1. The van der Waals surface area contributed by atoms with E-state index < -0.39 is 5.54 Å². The molecule has 0 aliphatic heterocycles. The van der Waals surface area contributed by atoms with E-state index in [0.29, 0.717) is 11.3 Å². The third-order valence-corrected chi connectivity index (χ3v) is 4.22. The molecule has 146 valence electrons. The minimum atomic E-state index is -0.918. The number of hydrogen-bond acceptors (Lipinski definition) is 4. The molecule has 0 saturated carbocycles. The zero-order chi connectivity index (χ0) is 20.5. The first-order valence-corrected chi connectivity index (χ1v) is 8.89. The van der Waals surface area contributed by atoms with E-state index in [1.54, 1.807) is 13.8 Å². The normalized spacial score (nSPS) is 13.7. The number of aliphatic hydroxyl groups is 1. The van der Waals surface area contributed by atoms with Gasteiger partial charge in [0.1, 0.15) is 12.4 Å². The molecule has 0 aliphatic rings. The third-order valence-electron chi connectivity index (χ3n) is 4.22. The summed E-state index contributed by atoms with van der Waals surface area (Å²) in [4.78, 5) is 11.7. The summed E-state index contributed by atoms with van der Waals surface area (Å²) in [6.45, 7) is 16.7. The number of esters is 1. The monoisotopic (exact) mass is 363 g/mol. The molecule has 0 spiro atoms. The lowest BCUT2D eigenvalue weighted by Crippen LogP contribution is -2.37. The molecule has 0 amide bonds. The second-order valence-electron chi connectivity index (χ2n) is 9.46. The van der Waals surface area contributed by atoms with Crippen LogP contribution in [-0.4, -0.2) is 34.2 Å². The van der Waals surface area contributed by atoms with Gasteiger partial charge in [0.25, 0.3) is 0 Å². The number of rotatable bonds is 4. The van der Waals surface area contributed by atoms with Crippen molar-refractivity contribution >= 4 is 12.2 Å². The molecule has 0 heterocycles. The molecule has 0 aliphatic carbocycles. The molecule has 5 nitrogen and oxygen atoms in total. The van der Waals surface area contributed by atoms with Crippen LogP contribution in [0.3, 0.4) is 0 Å². The molecule has 0 atom stereocenters. The summed E-state index contributed by atoms with van der Waals surface area (Å²) >= 11 is 0. The topological polar surface area (TPSA) is 72.6 Å². The average Bonchev–Trinajstić information content (AvgIpc) is 2.45. The van der Waals surface area contributed by atoms with Gasteiger partial charge in [0.2, 0.25) is 0 Å². The molecule has 0 bridgehead atoms. The SMILES string of the molecule is CC(=O)Oc1c(C(C)(C)C)cc(/C=[N+](/[O-])C(C)(C)CO)cc1C(C)(C)C. The molecule has 1 aromatic carbocycles. The first-order chi connectivity index (χ1) is 11.6. The van der Waals surface area contributed by atoms with E-state index in [2.05, 4.69) is 0 Å². The van der Waals surface area contributed by atoms with Gasteiger partial charge in [-0.3, -0.25) is 4.79 Å². The maximum atomic E-state index is 12.5. The van der Waals surface area contributed by atoms with Gasteiger partial charge in [0.05, 0.1) is 0 Å². The molecule has 1 aromatic rings. The Morgan fingerprint density at radius 1 is 1.08 bits per heavy atom. The molecule has 0 saturated heterocycles. The van der Waals surface area contributed by atoms with Gasteiger partial charge in [-0.05, 0) is 23.0 Å². The third kappa shape index (κ3) is 5.31. The highest BCUT2D eigenvalue weighted by Gasteiger charge is 2.30. The van der Waals surface area contributed by atoms with Crippen molar-refractivity contribution in [2.24, 2.45) is 0 Å². The van der Waals surface area contributed by atoms with Gasteiger partial charge in [0.15, 0.2) is 11.8 Å². The van der Waals surface area contributed by atoms with Crippen LogP contribution in [0.15, 0.2) is 12.1 Å². The van der Waals surface area contributed by atoms with Crippen molar-refractivity contribution in [3.8, 4) is 5.75 Å². The molecule has 0 fully saturated rings. The van der Waals surface area contributed by atoms with E-state index >= 15 is 0 Å². The standard InChI is InChI=1S/C21H33NO4/c1-14(24)26-18-16(19(2,3)4)10-15(11-17(18)20(5,6)7)12-22(25)21(8,9)13-23/h10-12,23H,13H2,1-9H3/b22-12+. The summed E-state index contributed by atoms with van der Waals surface area (Å²) in [5, 5.41) is 21.9. The van der Waals surface area contributed by atoms with Crippen LogP contribution in [0.2, 0.25) is 0 Å². The van der Waals surface area contributed by atoms with E-state index in [-0.39, 0.29) is 23.4 Å². The molecule has 1 N–H and O–H groups in total. The molecule has 26 heavy (non-hydrogen) atoms. The Hall–Kier alpha value is -1.88. The van der Waals surface area contributed by atoms with Crippen molar-refractivity contribution in [2.75, 3.05) is 6.61 Å². The Morgan fingerprint density at radius 2 is 1.50 bits per heavy atom. The van der Waals surface area contributed by atoms with Gasteiger partial charge in [-0.15, -0.1) is 0 Å². The van der Waals surface area contributed by atoms with E-state index in [9.17, 15) is 15.1 Å². The molecule has 0 aromatic heterocycles. The first kappa shape index (κ1) is 22.2. The molecule has 0 unspecified atom stereocenters. The highest BCUT2D eigenvalue weighted by molar-refractivity contribution is 5.79. The van der Waals surface area contributed by atoms with Gasteiger partial charge in [-0.25, -0.2) is 4.74 Å². The maximum absolute atomic E-state index is 12.5. The van der Waals surface area contributed by atoms with Crippen LogP contribution in [-0.2, 0) is 15.6 Å². The fourth-order valence-electron chi connectivity index (χ4n) is 2.47. The molecular formula is C21H33NO4. The van der Waals surface area contributed by atoms with Crippen molar-refractivity contribution in [3.63, 3.8) is 0 Å². The van der Waals surface area contributed by atoms with Crippen molar-refractivity contribution in [1.29, 1.82) is 0 Å². The lowest BCUT2D eigenvalue weighted by Gasteiger charge is -2.29. The zero-order valence-corrected chi connectivity index (χ0v) is 17.6. The van der Waals surface area contributed by atoms with Gasteiger partial charge in [-0.2, -0.15) is 0 Å². The summed E-state index contributed by atoms with van der Waals surface area (Å²) < 4.78 is 6.36. The van der Waals surface area contributed by atoms with Gasteiger partial charge in [0, 0.05) is 37.5 Å². The van der Waals surface area contributed by atoms with Crippen molar-refractivity contribution < 1.29 is 19.4 Å². The molecule has 0 radical (unpaired) electrons. The summed E-state index contributed by atoms with van der Waals surface area (Å²) in [5.41, 5.74) is 0.956. The van der Waals surface area contributed by atoms with E-state index in [4.69, 9.17) is 4.74 Å². The van der Waals surface area contributed by atoms with Crippen LogP contribution in [0.4, 0.5) is 0 Å². The van der Waals surface area contributed by atoms with Gasteiger partial charge >= 0.3 is 5.97 Å². The highest BCUT2D eigenvalue weighted by atomic mass is 16.5. The zero-order valence-electron chi connectivity index (χ0n) is 17.6. The van der Waals surface area contributed by atoms with Crippen molar-refractivity contribution in [1.82, 2.24) is 0 Å². The second-order valence-corrected chi connectivity index (χ2v) is 9.46. The largest absolute Gasteiger partial charge is 0.623 e. The summed E-state index contributed by atoms with van der Waals surface area (Å²) in [6.07, 6.45) is 1.48. The smallest absolute Gasteiger partial charge is 0.308 e. The Kier molecular flexibility index (Phi) is 6.30.